The number of rotatable bonds is 2. The van der Waals surface area contributed by atoms with Crippen LogP contribution >= 0.6 is 31.9 Å². The van der Waals surface area contributed by atoms with Crippen molar-refractivity contribution in [1.29, 1.82) is 0 Å². The molecule has 1 aromatic carbocycles. The molecule has 12 heavy (non-hydrogen) atoms. The van der Waals surface area contributed by atoms with Crippen LogP contribution < -0.4 is 0 Å². The summed E-state index contributed by atoms with van der Waals surface area (Å²) < 4.78 is 7.44. The fourth-order valence-electron chi connectivity index (χ4n) is 1.14. The largest absolute Gasteiger partial charge is 0.373 e. The number of epoxide rings is 1. The Morgan fingerprint density at radius 1 is 1.42 bits per heavy atom. The van der Waals surface area contributed by atoms with Gasteiger partial charge in [0.2, 0.25) is 0 Å². The van der Waals surface area contributed by atoms with Crippen molar-refractivity contribution in [3.8, 4) is 0 Å². The molecule has 0 amide bonds. The summed E-state index contributed by atoms with van der Waals surface area (Å²) in [7, 11) is 0. The minimum absolute atomic E-state index is 0.454. The zero-order valence-corrected chi connectivity index (χ0v) is 9.56. The molecule has 1 aromatic rings. The normalized spacial score (nSPS) is 21.0. The molecule has 0 radical (unpaired) electrons. The van der Waals surface area contributed by atoms with Gasteiger partial charge in [-0.1, -0.05) is 12.1 Å². The van der Waals surface area contributed by atoms with Crippen molar-refractivity contribution in [3.05, 3.63) is 32.7 Å². The molecule has 0 bridgehead atoms. The van der Waals surface area contributed by atoms with Crippen molar-refractivity contribution >= 4 is 31.9 Å². The van der Waals surface area contributed by atoms with E-state index in [0.717, 1.165) is 22.0 Å². The van der Waals surface area contributed by atoms with Gasteiger partial charge in [0, 0.05) is 15.4 Å². The van der Waals surface area contributed by atoms with Crippen molar-refractivity contribution in [2.45, 2.75) is 12.5 Å². The summed E-state index contributed by atoms with van der Waals surface area (Å²) in [6, 6.07) is 6.20. The maximum Gasteiger partial charge on any atom is 0.0850 e. The van der Waals surface area contributed by atoms with Crippen LogP contribution in [-0.4, -0.2) is 12.7 Å². The van der Waals surface area contributed by atoms with Crippen LogP contribution in [-0.2, 0) is 11.2 Å². The molecule has 1 fully saturated rings. The van der Waals surface area contributed by atoms with Gasteiger partial charge in [-0.05, 0) is 43.5 Å². The molecule has 1 unspecified atom stereocenters. The molecule has 3 heteroatoms. The Labute approximate surface area is 88.4 Å². The topological polar surface area (TPSA) is 12.5 Å². The molecule has 1 saturated heterocycles. The van der Waals surface area contributed by atoms with Gasteiger partial charge in [0.15, 0.2) is 0 Å². The molecule has 1 nitrogen and oxygen atoms in total. The van der Waals surface area contributed by atoms with Gasteiger partial charge in [-0.15, -0.1) is 0 Å². The molecule has 1 aliphatic rings. The monoisotopic (exact) mass is 290 g/mol. The quantitative estimate of drug-likeness (QED) is 0.763. The predicted molar refractivity (Wildman–Crippen MR) is 55.3 cm³/mol. The van der Waals surface area contributed by atoms with Gasteiger partial charge >= 0.3 is 0 Å². The van der Waals surface area contributed by atoms with Crippen LogP contribution in [0.4, 0.5) is 0 Å². The molecule has 0 N–H and O–H groups in total. The Kier molecular flexibility index (Phi) is 2.53. The molecular weight excluding hydrogens is 284 g/mol. The maximum atomic E-state index is 5.17. The van der Waals surface area contributed by atoms with E-state index in [1.165, 1.54) is 5.56 Å². The Morgan fingerprint density at radius 3 is 2.83 bits per heavy atom. The lowest BCUT2D eigenvalue weighted by atomic mass is 10.1. The van der Waals surface area contributed by atoms with Gasteiger partial charge in [-0.3, -0.25) is 0 Å². The van der Waals surface area contributed by atoms with Crippen LogP contribution in [0, 0.1) is 0 Å². The van der Waals surface area contributed by atoms with Crippen molar-refractivity contribution in [2.75, 3.05) is 6.61 Å². The highest BCUT2D eigenvalue weighted by Crippen LogP contribution is 2.29. The number of hydrogen-bond acceptors (Lipinski definition) is 1. The highest BCUT2D eigenvalue weighted by atomic mass is 79.9. The number of halogens is 2. The van der Waals surface area contributed by atoms with Crippen LogP contribution in [0.5, 0.6) is 0 Å². The first kappa shape index (κ1) is 8.73. The summed E-state index contributed by atoms with van der Waals surface area (Å²) in [6.45, 7) is 0.916. The van der Waals surface area contributed by atoms with Crippen molar-refractivity contribution in [3.63, 3.8) is 0 Å². The first-order chi connectivity index (χ1) is 5.77. The number of benzene rings is 1. The van der Waals surface area contributed by atoms with E-state index < -0.39 is 0 Å². The molecule has 64 valence electrons. The van der Waals surface area contributed by atoms with E-state index in [1.54, 1.807) is 0 Å². The standard InChI is InChI=1S/C9H8Br2O/c10-8-3-1-2-6(9(8)11)4-7-5-12-7/h1-3,7H,4-5H2. The van der Waals surface area contributed by atoms with E-state index in [0.29, 0.717) is 6.10 Å². The van der Waals surface area contributed by atoms with Gasteiger partial charge in [-0.25, -0.2) is 0 Å². The molecule has 1 atom stereocenters. The Hall–Kier alpha value is 0.140. The first-order valence-electron chi connectivity index (χ1n) is 3.82. The molecule has 0 aromatic heterocycles. The van der Waals surface area contributed by atoms with E-state index >= 15 is 0 Å². The zero-order chi connectivity index (χ0) is 8.55. The smallest absolute Gasteiger partial charge is 0.0850 e. The lowest BCUT2D eigenvalue weighted by Gasteiger charge is -2.03. The van der Waals surface area contributed by atoms with Crippen molar-refractivity contribution in [2.24, 2.45) is 0 Å². The van der Waals surface area contributed by atoms with Gasteiger partial charge < -0.3 is 4.74 Å². The Balaban J connectivity index is 2.23. The number of hydrogen-bond donors (Lipinski definition) is 0. The highest BCUT2D eigenvalue weighted by molar-refractivity contribution is 9.13. The summed E-state index contributed by atoms with van der Waals surface area (Å²) in [5.41, 5.74) is 1.31. The summed E-state index contributed by atoms with van der Waals surface area (Å²) in [4.78, 5) is 0. The molecule has 0 saturated carbocycles. The van der Waals surface area contributed by atoms with Crippen molar-refractivity contribution < 1.29 is 4.74 Å². The van der Waals surface area contributed by atoms with Gasteiger partial charge in [0.05, 0.1) is 12.7 Å². The zero-order valence-electron chi connectivity index (χ0n) is 6.39. The first-order valence-corrected chi connectivity index (χ1v) is 5.40. The van der Waals surface area contributed by atoms with Crippen LogP contribution in [0.1, 0.15) is 5.56 Å². The average molecular weight is 292 g/mol. The summed E-state index contributed by atoms with van der Waals surface area (Å²) in [5, 5.41) is 0. The minimum Gasteiger partial charge on any atom is -0.373 e. The SMILES string of the molecule is Brc1cccc(CC2CO2)c1Br. The minimum atomic E-state index is 0.454. The number of ether oxygens (including phenoxy) is 1. The van der Waals surface area contributed by atoms with E-state index in [2.05, 4.69) is 37.9 Å². The van der Waals surface area contributed by atoms with Crippen molar-refractivity contribution in [1.82, 2.24) is 0 Å². The third-order valence-corrected chi connectivity index (χ3v) is 4.01. The maximum absolute atomic E-state index is 5.17. The highest BCUT2D eigenvalue weighted by Gasteiger charge is 2.23. The fraction of sp³-hybridized carbons (Fsp3) is 0.333. The summed E-state index contributed by atoms with van der Waals surface area (Å²) in [5.74, 6) is 0. The van der Waals surface area contributed by atoms with Gasteiger partial charge in [0.25, 0.3) is 0 Å². The molecule has 0 spiro atoms. The predicted octanol–water partition coefficient (Wildman–Crippen LogP) is 3.15. The van der Waals surface area contributed by atoms with Crippen LogP contribution in [0.15, 0.2) is 27.1 Å². The molecular formula is C9H8Br2O. The van der Waals surface area contributed by atoms with Crippen LogP contribution in [0.3, 0.4) is 0 Å². The third-order valence-electron chi connectivity index (χ3n) is 1.88. The molecule has 1 heterocycles. The second-order valence-electron chi connectivity index (χ2n) is 2.87. The molecule has 1 aliphatic heterocycles. The Morgan fingerprint density at radius 2 is 2.17 bits per heavy atom. The fourth-order valence-corrected chi connectivity index (χ4v) is 1.97. The summed E-state index contributed by atoms with van der Waals surface area (Å²) in [6.07, 6.45) is 1.47. The van der Waals surface area contributed by atoms with E-state index in [-0.39, 0.29) is 0 Å². The summed E-state index contributed by atoms with van der Waals surface area (Å²) >= 11 is 7.00. The third kappa shape index (κ3) is 1.90. The molecule has 0 aliphatic carbocycles. The lowest BCUT2D eigenvalue weighted by molar-refractivity contribution is 0.407. The van der Waals surface area contributed by atoms with E-state index in [1.807, 2.05) is 12.1 Å². The van der Waals surface area contributed by atoms with Gasteiger partial charge in [-0.2, -0.15) is 0 Å². The second kappa shape index (κ2) is 3.48. The van der Waals surface area contributed by atoms with Crippen LogP contribution in [0.2, 0.25) is 0 Å². The van der Waals surface area contributed by atoms with E-state index in [9.17, 15) is 0 Å². The Bertz CT molecular complexity index is 295. The van der Waals surface area contributed by atoms with E-state index in [4.69, 9.17) is 4.74 Å². The van der Waals surface area contributed by atoms with Gasteiger partial charge in [0.1, 0.15) is 0 Å². The average Bonchev–Trinajstić information content (AvgIpc) is 2.83. The second-order valence-corrected chi connectivity index (χ2v) is 4.52. The molecule has 2 rings (SSSR count). The van der Waals surface area contributed by atoms with Crippen LogP contribution in [0.25, 0.3) is 0 Å². The lowest BCUT2D eigenvalue weighted by Crippen LogP contribution is -1.93.